The Hall–Kier alpha value is -3.07. The summed E-state index contributed by atoms with van der Waals surface area (Å²) in [5.74, 6) is -0.481. The number of benzene rings is 1. The molecule has 9 heteroatoms. The van der Waals surface area contributed by atoms with E-state index in [4.69, 9.17) is 4.74 Å². The number of anilines is 1. The van der Waals surface area contributed by atoms with Gasteiger partial charge in [0.1, 0.15) is 6.54 Å². The number of amides is 1. The number of carbonyl (C=O) groups excluding carboxylic acids is 2. The number of ether oxygens (including phenoxy) is 1. The molecule has 2 heterocycles. The molecule has 0 fully saturated rings. The molecule has 0 spiro atoms. The smallest absolute Gasteiger partial charge is 0.339 e. The Morgan fingerprint density at radius 1 is 1.28 bits per heavy atom. The van der Waals surface area contributed by atoms with Crippen LogP contribution in [0.4, 0.5) is 5.69 Å². The molecular weight excluding hydrogens is 428 g/mol. The molecule has 32 heavy (non-hydrogen) atoms. The van der Waals surface area contributed by atoms with Crippen LogP contribution in [0.25, 0.3) is 10.2 Å². The zero-order valence-electron chi connectivity index (χ0n) is 18.6. The molecule has 0 bridgehead atoms. The Bertz CT molecular complexity index is 1260. The molecule has 168 valence electrons. The number of nitrogens with one attached hydrogen (secondary N) is 1. The van der Waals surface area contributed by atoms with Crippen molar-refractivity contribution < 1.29 is 14.3 Å². The number of fused-ring (bicyclic) bond motifs is 3. The molecule has 0 saturated heterocycles. The van der Waals surface area contributed by atoms with Crippen molar-refractivity contribution in [3.8, 4) is 0 Å². The van der Waals surface area contributed by atoms with Crippen molar-refractivity contribution in [3.63, 3.8) is 0 Å². The number of para-hydroxylation sites is 1. The first-order chi connectivity index (χ1) is 15.2. The standard InChI is InChI=1S/C23H26N4O4S/c1-23(2,3)13-9-10-15-17(11-13)32-20-19(15)21(29)27(26-25-20)12-18(28)24-16-8-6-5-7-14(16)22(30)31-4/h5-8,13H,9-12H2,1-4H3,(H,24,28). The van der Waals surface area contributed by atoms with E-state index in [-0.39, 0.29) is 23.1 Å². The second-order valence-corrected chi connectivity index (χ2v) is 10.2. The number of methoxy groups -OCH3 is 1. The Labute approximate surface area is 189 Å². The lowest BCUT2D eigenvalue weighted by Gasteiger charge is -2.33. The number of thiophene rings is 1. The van der Waals surface area contributed by atoms with Gasteiger partial charge in [0, 0.05) is 4.88 Å². The first kappa shape index (κ1) is 22.1. The van der Waals surface area contributed by atoms with Crippen LogP contribution in [0.15, 0.2) is 29.1 Å². The maximum absolute atomic E-state index is 13.2. The maximum atomic E-state index is 13.2. The topological polar surface area (TPSA) is 103 Å². The van der Waals surface area contributed by atoms with Gasteiger partial charge >= 0.3 is 5.97 Å². The molecule has 0 radical (unpaired) electrons. The molecule has 1 atom stereocenters. The highest BCUT2D eigenvalue weighted by molar-refractivity contribution is 7.18. The molecule has 8 nitrogen and oxygen atoms in total. The van der Waals surface area contributed by atoms with Gasteiger partial charge in [-0.25, -0.2) is 9.48 Å². The van der Waals surface area contributed by atoms with E-state index < -0.39 is 11.9 Å². The van der Waals surface area contributed by atoms with Crippen molar-refractivity contribution in [1.29, 1.82) is 0 Å². The van der Waals surface area contributed by atoms with E-state index in [1.807, 2.05) is 0 Å². The van der Waals surface area contributed by atoms with Crippen molar-refractivity contribution in [2.75, 3.05) is 12.4 Å². The summed E-state index contributed by atoms with van der Waals surface area (Å²) in [6.07, 6.45) is 2.79. The number of hydrogen-bond donors (Lipinski definition) is 1. The zero-order valence-corrected chi connectivity index (χ0v) is 19.4. The third-order valence-electron chi connectivity index (χ3n) is 6.06. The highest BCUT2D eigenvalue weighted by Gasteiger charge is 2.32. The number of rotatable bonds is 4. The maximum Gasteiger partial charge on any atom is 0.339 e. The second-order valence-electron chi connectivity index (χ2n) is 9.13. The Morgan fingerprint density at radius 3 is 2.75 bits per heavy atom. The number of hydrogen-bond acceptors (Lipinski definition) is 7. The molecule has 3 aromatic rings. The summed E-state index contributed by atoms with van der Waals surface area (Å²) < 4.78 is 5.83. The Kier molecular flexibility index (Phi) is 5.85. The normalized spacial score (nSPS) is 15.9. The molecule has 1 N–H and O–H groups in total. The van der Waals surface area contributed by atoms with Gasteiger partial charge in [-0.3, -0.25) is 9.59 Å². The minimum Gasteiger partial charge on any atom is -0.465 e. The second kappa shape index (κ2) is 8.46. The van der Waals surface area contributed by atoms with Gasteiger partial charge < -0.3 is 10.1 Å². The monoisotopic (exact) mass is 454 g/mol. The average Bonchev–Trinajstić information content (AvgIpc) is 3.13. The predicted octanol–water partition coefficient (Wildman–Crippen LogP) is 3.43. The van der Waals surface area contributed by atoms with Crippen LogP contribution < -0.4 is 10.9 Å². The van der Waals surface area contributed by atoms with Gasteiger partial charge in [-0.1, -0.05) is 38.1 Å². The minimum atomic E-state index is -0.558. The lowest BCUT2D eigenvalue weighted by atomic mass is 9.72. The number of esters is 1. The van der Waals surface area contributed by atoms with E-state index in [9.17, 15) is 14.4 Å². The molecule has 1 unspecified atom stereocenters. The van der Waals surface area contributed by atoms with Gasteiger partial charge in [-0.05, 0) is 48.3 Å². The van der Waals surface area contributed by atoms with Crippen LogP contribution in [0.3, 0.4) is 0 Å². The fourth-order valence-electron chi connectivity index (χ4n) is 4.18. The third-order valence-corrected chi connectivity index (χ3v) is 7.20. The predicted molar refractivity (Wildman–Crippen MR) is 123 cm³/mol. The summed E-state index contributed by atoms with van der Waals surface area (Å²) in [5, 5.41) is 11.5. The van der Waals surface area contributed by atoms with Crippen molar-refractivity contribution in [1.82, 2.24) is 15.0 Å². The molecule has 1 aliphatic carbocycles. The van der Waals surface area contributed by atoms with Crippen LogP contribution in [0.5, 0.6) is 0 Å². The van der Waals surface area contributed by atoms with Crippen LogP contribution in [0, 0.1) is 11.3 Å². The van der Waals surface area contributed by atoms with E-state index in [1.54, 1.807) is 24.3 Å². The molecule has 0 aliphatic heterocycles. The quantitative estimate of drug-likeness (QED) is 0.606. The van der Waals surface area contributed by atoms with Crippen LogP contribution >= 0.6 is 11.3 Å². The van der Waals surface area contributed by atoms with Crippen molar-refractivity contribution >= 4 is 39.1 Å². The molecule has 2 aromatic heterocycles. The van der Waals surface area contributed by atoms with E-state index in [2.05, 4.69) is 36.4 Å². The third kappa shape index (κ3) is 4.17. The molecular formula is C23H26N4O4S. The highest BCUT2D eigenvalue weighted by Crippen LogP contribution is 2.41. The van der Waals surface area contributed by atoms with Crippen LogP contribution in [-0.4, -0.2) is 34.0 Å². The summed E-state index contributed by atoms with van der Waals surface area (Å²) in [6.45, 7) is 6.45. The molecule has 1 amide bonds. The SMILES string of the molecule is COC(=O)c1ccccc1NC(=O)Cn1nnc2sc3c(c2c1=O)CCC(C(C)(C)C)C3. The average molecular weight is 455 g/mol. The van der Waals surface area contributed by atoms with E-state index in [0.29, 0.717) is 21.8 Å². The highest BCUT2D eigenvalue weighted by atomic mass is 32.1. The summed E-state index contributed by atoms with van der Waals surface area (Å²) in [5.41, 5.74) is 1.50. The van der Waals surface area contributed by atoms with Crippen LogP contribution in [0.2, 0.25) is 0 Å². The summed E-state index contributed by atoms with van der Waals surface area (Å²) in [6, 6.07) is 6.53. The minimum absolute atomic E-state index is 0.207. The summed E-state index contributed by atoms with van der Waals surface area (Å²) >= 11 is 1.53. The first-order valence-electron chi connectivity index (χ1n) is 10.5. The Morgan fingerprint density at radius 2 is 2.03 bits per heavy atom. The lowest BCUT2D eigenvalue weighted by Crippen LogP contribution is -2.31. The summed E-state index contributed by atoms with van der Waals surface area (Å²) in [4.78, 5) is 39.5. The first-order valence-corrected chi connectivity index (χ1v) is 11.4. The lowest BCUT2D eigenvalue weighted by molar-refractivity contribution is -0.117. The fourth-order valence-corrected chi connectivity index (χ4v) is 5.41. The number of aromatic nitrogens is 3. The van der Waals surface area contributed by atoms with Crippen molar-refractivity contribution in [2.24, 2.45) is 11.3 Å². The number of nitrogens with zero attached hydrogens (tertiary/aromatic N) is 3. The van der Waals surface area contributed by atoms with Crippen LogP contribution in [0.1, 0.15) is 48.0 Å². The molecule has 1 aliphatic rings. The van der Waals surface area contributed by atoms with Gasteiger partial charge in [-0.15, -0.1) is 16.4 Å². The van der Waals surface area contributed by atoms with Crippen LogP contribution in [-0.2, 0) is 28.9 Å². The van der Waals surface area contributed by atoms with E-state index in [1.165, 1.54) is 23.3 Å². The van der Waals surface area contributed by atoms with Gasteiger partial charge in [0.05, 0.1) is 23.7 Å². The van der Waals surface area contributed by atoms with Gasteiger partial charge in [0.2, 0.25) is 5.91 Å². The Balaban J connectivity index is 1.59. The fraction of sp³-hybridized carbons (Fsp3) is 0.435. The van der Waals surface area contributed by atoms with Gasteiger partial charge in [0.25, 0.3) is 5.56 Å². The van der Waals surface area contributed by atoms with Crippen molar-refractivity contribution in [3.05, 3.63) is 50.6 Å². The molecule has 0 saturated carbocycles. The summed E-state index contributed by atoms with van der Waals surface area (Å²) in [7, 11) is 1.27. The molecule has 4 rings (SSSR count). The molecule has 1 aromatic carbocycles. The van der Waals surface area contributed by atoms with Gasteiger partial charge in [0.15, 0.2) is 4.83 Å². The van der Waals surface area contributed by atoms with Gasteiger partial charge in [-0.2, -0.15) is 0 Å². The van der Waals surface area contributed by atoms with Crippen molar-refractivity contribution in [2.45, 2.75) is 46.6 Å². The largest absolute Gasteiger partial charge is 0.465 e. The zero-order chi connectivity index (χ0) is 23.0. The van der Waals surface area contributed by atoms with E-state index >= 15 is 0 Å². The van der Waals surface area contributed by atoms with E-state index in [0.717, 1.165) is 29.5 Å². The number of carbonyl (C=O) groups is 2. The number of aryl methyl sites for hydroxylation is 1.